The quantitative estimate of drug-likeness (QED) is 0.698. The van der Waals surface area contributed by atoms with Crippen LogP contribution in [0.1, 0.15) is 56.6 Å². The predicted molar refractivity (Wildman–Crippen MR) is 113 cm³/mol. The number of nitrogens with zero attached hydrogens (tertiary/aromatic N) is 3. The molecule has 0 aliphatic carbocycles. The molecule has 9 heteroatoms. The van der Waals surface area contributed by atoms with E-state index in [2.05, 4.69) is 15.4 Å². The second kappa shape index (κ2) is 9.91. The molecule has 1 aliphatic heterocycles. The van der Waals surface area contributed by atoms with Crippen LogP contribution in [0.15, 0.2) is 24.3 Å². The van der Waals surface area contributed by atoms with Crippen molar-refractivity contribution in [3.63, 3.8) is 0 Å². The Morgan fingerprint density at radius 2 is 1.81 bits per heavy atom. The molecule has 1 aliphatic rings. The molecule has 9 nitrogen and oxygen atoms in total. The van der Waals surface area contributed by atoms with Crippen molar-refractivity contribution < 1.29 is 23.8 Å². The van der Waals surface area contributed by atoms with E-state index >= 15 is 0 Å². The fourth-order valence-electron chi connectivity index (χ4n) is 3.28. The summed E-state index contributed by atoms with van der Waals surface area (Å²) in [7, 11) is 0. The molecule has 0 radical (unpaired) electrons. The summed E-state index contributed by atoms with van der Waals surface area (Å²) in [5.41, 5.74) is 1.92. The van der Waals surface area contributed by atoms with Gasteiger partial charge >= 0.3 is 12.1 Å². The monoisotopic (exact) mass is 430 g/mol. The average molecular weight is 431 g/mol. The maximum atomic E-state index is 12.2. The van der Waals surface area contributed by atoms with Crippen molar-refractivity contribution >= 4 is 12.1 Å². The van der Waals surface area contributed by atoms with Crippen LogP contribution in [0.3, 0.4) is 0 Å². The van der Waals surface area contributed by atoms with Gasteiger partial charge in [0.05, 0.1) is 19.3 Å². The van der Waals surface area contributed by atoms with Crippen molar-refractivity contribution in [2.75, 3.05) is 19.7 Å². The Morgan fingerprint density at radius 1 is 1.13 bits per heavy atom. The first-order valence-corrected chi connectivity index (χ1v) is 10.5. The lowest BCUT2D eigenvalue weighted by atomic mass is 10.1. The maximum Gasteiger partial charge on any atom is 0.410 e. The zero-order valence-corrected chi connectivity index (χ0v) is 18.5. The summed E-state index contributed by atoms with van der Waals surface area (Å²) in [5, 5.41) is 10.4. The van der Waals surface area contributed by atoms with E-state index in [1.165, 1.54) is 0 Å². The van der Waals surface area contributed by atoms with Gasteiger partial charge < -0.3 is 19.1 Å². The minimum Gasteiger partial charge on any atom is -0.461 e. The van der Waals surface area contributed by atoms with Crippen molar-refractivity contribution in [3.05, 3.63) is 35.5 Å². The largest absolute Gasteiger partial charge is 0.461 e. The van der Waals surface area contributed by atoms with Gasteiger partial charge in [-0.2, -0.15) is 10.3 Å². The SMILES string of the molecule is CCOC(=O)c1n[nH]nc1-c1ccc(COC2CCN(C(=O)OC(C)(C)C)CC2)cc1. The molecule has 1 fully saturated rings. The Kier molecular flexibility index (Phi) is 7.27. The first kappa shape index (κ1) is 22.7. The van der Waals surface area contributed by atoms with Gasteiger partial charge in [0.1, 0.15) is 11.3 Å². The minimum atomic E-state index is -0.503. The average Bonchev–Trinajstić information content (AvgIpc) is 3.22. The highest BCUT2D eigenvalue weighted by Crippen LogP contribution is 2.22. The number of likely N-dealkylation sites (tertiary alicyclic amines) is 1. The van der Waals surface area contributed by atoms with Crippen molar-refractivity contribution in [2.24, 2.45) is 0 Å². The molecular weight excluding hydrogens is 400 g/mol. The van der Waals surface area contributed by atoms with Crippen molar-refractivity contribution in [2.45, 2.75) is 58.8 Å². The number of carbonyl (C=O) groups is 2. The summed E-state index contributed by atoms with van der Waals surface area (Å²) in [4.78, 5) is 25.9. The molecule has 0 saturated carbocycles. The van der Waals surface area contributed by atoms with Gasteiger partial charge in [0.25, 0.3) is 0 Å². The Hall–Kier alpha value is -2.94. The summed E-state index contributed by atoms with van der Waals surface area (Å²) in [6, 6.07) is 7.64. The lowest BCUT2D eigenvalue weighted by molar-refractivity contribution is -0.0170. The van der Waals surface area contributed by atoms with Crippen LogP contribution in [-0.4, -0.2) is 63.8 Å². The third kappa shape index (κ3) is 6.27. The van der Waals surface area contributed by atoms with Gasteiger partial charge in [-0.3, -0.25) is 0 Å². The van der Waals surface area contributed by atoms with Crippen LogP contribution in [0.5, 0.6) is 0 Å². The molecule has 1 saturated heterocycles. The molecule has 1 amide bonds. The van der Waals surface area contributed by atoms with Crippen LogP contribution >= 0.6 is 0 Å². The molecule has 0 atom stereocenters. The second-order valence-electron chi connectivity index (χ2n) is 8.42. The normalized spacial score (nSPS) is 15.0. The third-order valence-electron chi connectivity index (χ3n) is 4.82. The highest BCUT2D eigenvalue weighted by atomic mass is 16.6. The zero-order chi connectivity index (χ0) is 22.4. The number of aromatic nitrogens is 3. The number of carbonyl (C=O) groups excluding carboxylic acids is 2. The van der Waals surface area contributed by atoms with Crippen molar-refractivity contribution in [1.82, 2.24) is 20.3 Å². The number of rotatable bonds is 6. The number of aromatic amines is 1. The number of hydrogen-bond donors (Lipinski definition) is 1. The first-order chi connectivity index (χ1) is 14.8. The molecule has 168 valence electrons. The van der Waals surface area contributed by atoms with Gasteiger partial charge in [-0.15, -0.1) is 5.10 Å². The number of ether oxygens (including phenoxy) is 3. The van der Waals surface area contributed by atoms with E-state index in [9.17, 15) is 9.59 Å². The number of H-pyrrole nitrogens is 1. The molecule has 1 N–H and O–H groups in total. The van der Waals surface area contributed by atoms with E-state index in [0.29, 0.717) is 25.4 Å². The Morgan fingerprint density at radius 3 is 2.42 bits per heavy atom. The second-order valence-corrected chi connectivity index (χ2v) is 8.42. The molecule has 3 rings (SSSR count). The smallest absolute Gasteiger partial charge is 0.410 e. The summed E-state index contributed by atoms with van der Waals surface area (Å²) in [6.45, 7) is 9.35. The van der Waals surface area contributed by atoms with E-state index in [0.717, 1.165) is 24.0 Å². The van der Waals surface area contributed by atoms with Gasteiger partial charge in [0.15, 0.2) is 5.69 Å². The van der Waals surface area contributed by atoms with E-state index in [4.69, 9.17) is 14.2 Å². The molecule has 0 unspecified atom stereocenters. The van der Waals surface area contributed by atoms with E-state index in [1.54, 1.807) is 11.8 Å². The summed E-state index contributed by atoms with van der Waals surface area (Å²) >= 11 is 0. The molecule has 1 aromatic heterocycles. The number of benzene rings is 1. The topological polar surface area (TPSA) is 107 Å². The Balaban J connectivity index is 1.49. The van der Waals surface area contributed by atoms with Gasteiger partial charge in [0.2, 0.25) is 0 Å². The van der Waals surface area contributed by atoms with Gasteiger partial charge in [-0.05, 0) is 46.1 Å². The van der Waals surface area contributed by atoms with Crippen LogP contribution < -0.4 is 0 Å². The summed E-state index contributed by atoms with van der Waals surface area (Å²) < 4.78 is 16.5. The number of nitrogens with one attached hydrogen (secondary N) is 1. The van der Waals surface area contributed by atoms with Crippen LogP contribution in [-0.2, 0) is 20.8 Å². The molecule has 2 heterocycles. The van der Waals surface area contributed by atoms with Crippen molar-refractivity contribution in [3.8, 4) is 11.3 Å². The fourth-order valence-corrected chi connectivity index (χ4v) is 3.28. The molecule has 2 aromatic rings. The summed E-state index contributed by atoms with van der Waals surface area (Å²) in [6.07, 6.45) is 1.39. The highest BCUT2D eigenvalue weighted by molar-refractivity contribution is 5.93. The Labute approximate surface area is 182 Å². The van der Waals surface area contributed by atoms with Gasteiger partial charge in [-0.25, -0.2) is 9.59 Å². The van der Waals surface area contributed by atoms with Crippen LogP contribution in [0, 0.1) is 0 Å². The maximum absolute atomic E-state index is 12.2. The number of amides is 1. The van der Waals surface area contributed by atoms with E-state index < -0.39 is 11.6 Å². The number of piperidine rings is 1. The molecule has 0 bridgehead atoms. The summed E-state index contributed by atoms with van der Waals surface area (Å²) in [5.74, 6) is -0.503. The van der Waals surface area contributed by atoms with Crippen LogP contribution in [0.25, 0.3) is 11.3 Å². The standard InChI is InChI=1S/C22H30N4O5/c1-5-29-20(27)19-18(23-25-24-19)16-8-6-15(7-9-16)14-30-17-10-12-26(13-11-17)21(28)31-22(2,3)4/h6-9,17H,5,10-14H2,1-4H3,(H,23,24,25). The van der Waals surface area contributed by atoms with E-state index in [-0.39, 0.29) is 24.5 Å². The Bertz CT molecular complexity index is 880. The molecular formula is C22H30N4O5. The van der Waals surface area contributed by atoms with Crippen LogP contribution in [0.2, 0.25) is 0 Å². The zero-order valence-electron chi connectivity index (χ0n) is 18.5. The lowest BCUT2D eigenvalue weighted by Gasteiger charge is -2.33. The molecule has 0 spiro atoms. The highest BCUT2D eigenvalue weighted by Gasteiger charge is 2.27. The number of hydrogen-bond acceptors (Lipinski definition) is 7. The van der Waals surface area contributed by atoms with Crippen molar-refractivity contribution in [1.29, 1.82) is 0 Å². The number of esters is 1. The molecule has 1 aromatic carbocycles. The third-order valence-corrected chi connectivity index (χ3v) is 4.82. The minimum absolute atomic E-state index is 0.101. The lowest BCUT2D eigenvalue weighted by Crippen LogP contribution is -2.43. The van der Waals surface area contributed by atoms with Crippen LogP contribution in [0.4, 0.5) is 4.79 Å². The van der Waals surface area contributed by atoms with E-state index in [1.807, 2.05) is 45.0 Å². The first-order valence-electron chi connectivity index (χ1n) is 10.5. The fraction of sp³-hybridized carbons (Fsp3) is 0.545. The van der Waals surface area contributed by atoms with Gasteiger partial charge in [0, 0.05) is 18.7 Å². The molecule has 31 heavy (non-hydrogen) atoms. The van der Waals surface area contributed by atoms with Gasteiger partial charge in [-0.1, -0.05) is 24.3 Å². The predicted octanol–water partition coefficient (Wildman–Crippen LogP) is 3.56.